The molecule has 0 amide bonds. The normalized spacial score (nSPS) is 22.7. The summed E-state index contributed by atoms with van der Waals surface area (Å²) in [5, 5.41) is 0. The predicted octanol–water partition coefficient (Wildman–Crippen LogP) is 2.47. The number of hydrogen-bond acceptors (Lipinski definition) is 3. The van der Waals surface area contributed by atoms with E-state index < -0.39 is 0 Å². The van der Waals surface area contributed by atoms with Gasteiger partial charge in [0.05, 0.1) is 13.2 Å². The number of piperidine rings is 1. The Balaban J connectivity index is 0.000000184. The van der Waals surface area contributed by atoms with Gasteiger partial charge in [0, 0.05) is 19.6 Å². The fraction of sp³-hybridized carbons (Fsp3) is 1.00. The van der Waals surface area contributed by atoms with E-state index in [1.54, 1.807) is 0 Å². The fourth-order valence-electron chi connectivity index (χ4n) is 2.58. The average Bonchev–Trinajstić information content (AvgIpc) is 2.41. The van der Waals surface area contributed by atoms with Crippen LogP contribution in [0, 0.1) is 5.92 Å². The highest BCUT2D eigenvalue weighted by Crippen LogP contribution is 2.10. The fourth-order valence-corrected chi connectivity index (χ4v) is 2.58. The summed E-state index contributed by atoms with van der Waals surface area (Å²) in [6.07, 6.45) is 4.30. The van der Waals surface area contributed by atoms with Gasteiger partial charge in [-0.1, -0.05) is 27.2 Å². The molecule has 0 aromatic carbocycles. The number of likely N-dealkylation sites (N-methyl/N-ethyl adjacent to an activating group) is 1. The van der Waals surface area contributed by atoms with Crippen molar-refractivity contribution in [3.8, 4) is 0 Å². The van der Waals surface area contributed by atoms with Gasteiger partial charge in [-0.25, -0.2) is 0 Å². The van der Waals surface area contributed by atoms with Crippen molar-refractivity contribution in [1.29, 1.82) is 0 Å². The number of rotatable bonds is 3. The average molecular weight is 256 g/mol. The molecule has 2 heterocycles. The van der Waals surface area contributed by atoms with Crippen LogP contribution in [0.25, 0.3) is 0 Å². The Labute approximate surface area is 113 Å². The molecule has 0 N–H and O–H groups in total. The first-order valence-electron chi connectivity index (χ1n) is 7.74. The quantitative estimate of drug-likeness (QED) is 0.771. The summed E-state index contributed by atoms with van der Waals surface area (Å²) >= 11 is 0. The molecule has 0 saturated carbocycles. The maximum atomic E-state index is 5.16. The van der Waals surface area contributed by atoms with Crippen molar-refractivity contribution in [2.24, 2.45) is 5.92 Å². The zero-order chi connectivity index (χ0) is 13.2. The van der Waals surface area contributed by atoms with Gasteiger partial charge >= 0.3 is 0 Å². The van der Waals surface area contributed by atoms with Gasteiger partial charge in [-0.2, -0.15) is 0 Å². The summed E-state index contributed by atoms with van der Waals surface area (Å²) in [6, 6.07) is 0. The van der Waals surface area contributed by atoms with Crippen LogP contribution >= 0.6 is 0 Å². The number of hydrogen-bond donors (Lipinski definition) is 0. The number of ether oxygens (including phenoxy) is 1. The summed E-state index contributed by atoms with van der Waals surface area (Å²) in [5.41, 5.74) is 0. The van der Waals surface area contributed by atoms with Crippen molar-refractivity contribution in [3.05, 3.63) is 0 Å². The SMILES string of the molecule is CC(C)CN1CCCCC1.CCN1CCOCC1. The molecule has 2 rings (SSSR count). The van der Waals surface area contributed by atoms with Crippen LogP contribution in [-0.2, 0) is 4.74 Å². The minimum Gasteiger partial charge on any atom is -0.379 e. The highest BCUT2D eigenvalue weighted by molar-refractivity contribution is 4.65. The first-order valence-corrected chi connectivity index (χ1v) is 7.74. The second-order valence-corrected chi connectivity index (χ2v) is 5.80. The maximum absolute atomic E-state index is 5.16. The van der Waals surface area contributed by atoms with E-state index in [0.29, 0.717) is 0 Å². The summed E-state index contributed by atoms with van der Waals surface area (Å²) in [6.45, 7) is 16.0. The van der Waals surface area contributed by atoms with Crippen LogP contribution in [0.15, 0.2) is 0 Å². The molecule has 0 radical (unpaired) electrons. The minimum absolute atomic E-state index is 0.845. The molecule has 0 bridgehead atoms. The van der Waals surface area contributed by atoms with Crippen molar-refractivity contribution in [1.82, 2.24) is 9.80 Å². The van der Waals surface area contributed by atoms with Crippen LogP contribution in [-0.4, -0.2) is 62.3 Å². The van der Waals surface area contributed by atoms with E-state index in [9.17, 15) is 0 Å². The van der Waals surface area contributed by atoms with Gasteiger partial charge < -0.3 is 9.64 Å². The second-order valence-electron chi connectivity index (χ2n) is 5.80. The Morgan fingerprint density at radius 2 is 1.50 bits per heavy atom. The number of likely N-dealkylation sites (tertiary alicyclic amines) is 1. The molecule has 0 aromatic rings. The van der Waals surface area contributed by atoms with E-state index in [-0.39, 0.29) is 0 Å². The lowest BCUT2D eigenvalue weighted by molar-refractivity contribution is 0.0405. The van der Waals surface area contributed by atoms with E-state index >= 15 is 0 Å². The molecule has 0 atom stereocenters. The summed E-state index contributed by atoms with van der Waals surface area (Å²) in [7, 11) is 0. The van der Waals surface area contributed by atoms with Crippen molar-refractivity contribution in [2.75, 3.05) is 52.5 Å². The van der Waals surface area contributed by atoms with Crippen LogP contribution in [0.3, 0.4) is 0 Å². The van der Waals surface area contributed by atoms with Gasteiger partial charge in [-0.05, 0) is 38.4 Å². The van der Waals surface area contributed by atoms with Gasteiger partial charge in [0.1, 0.15) is 0 Å². The third-order valence-electron chi connectivity index (χ3n) is 3.62. The molecule has 0 spiro atoms. The lowest BCUT2D eigenvalue weighted by Gasteiger charge is -2.27. The van der Waals surface area contributed by atoms with Gasteiger partial charge in [-0.15, -0.1) is 0 Å². The van der Waals surface area contributed by atoms with Gasteiger partial charge in [0.25, 0.3) is 0 Å². The molecule has 3 heteroatoms. The minimum atomic E-state index is 0.845. The smallest absolute Gasteiger partial charge is 0.0594 e. The van der Waals surface area contributed by atoms with Crippen LogP contribution in [0.1, 0.15) is 40.0 Å². The van der Waals surface area contributed by atoms with E-state index in [4.69, 9.17) is 4.74 Å². The topological polar surface area (TPSA) is 15.7 Å². The Hall–Kier alpha value is -0.120. The summed E-state index contributed by atoms with van der Waals surface area (Å²) in [4.78, 5) is 4.98. The van der Waals surface area contributed by atoms with Gasteiger partial charge in [-0.3, -0.25) is 4.90 Å². The Morgan fingerprint density at radius 3 is 1.94 bits per heavy atom. The third kappa shape index (κ3) is 7.34. The van der Waals surface area contributed by atoms with Crippen LogP contribution in [0.2, 0.25) is 0 Å². The predicted molar refractivity (Wildman–Crippen MR) is 78.1 cm³/mol. The molecule has 0 aromatic heterocycles. The van der Waals surface area contributed by atoms with E-state index in [2.05, 4.69) is 30.6 Å². The molecule has 2 aliphatic rings. The molecule has 18 heavy (non-hydrogen) atoms. The Morgan fingerprint density at radius 1 is 0.889 bits per heavy atom. The van der Waals surface area contributed by atoms with Gasteiger partial charge in [0.15, 0.2) is 0 Å². The summed E-state index contributed by atoms with van der Waals surface area (Å²) in [5.74, 6) is 0.845. The third-order valence-corrected chi connectivity index (χ3v) is 3.62. The molecule has 0 unspecified atom stereocenters. The molecule has 3 nitrogen and oxygen atoms in total. The first kappa shape index (κ1) is 15.9. The zero-order valence-corrected chi connectivity index (χ0v) is 12.7. The molecule has 2 aliphatic heterocycles. The van der Waals surface area contributed by atoms with Crippen LogP contribution in [0.5, 0.6) is 0 Å². The zero-order valence-electron chi connectivity index (χ0n) is 12.7. The Bertz CT molecular complexity index is 185. The molecule has 0 aliphatic carbocycles. The molecular formula is C15H32N2O. The highest BCUT2D eigenvalue weighted by atomic mass is 16.5. The molecule has 2 saturated heterocycles. The van der Waals surface area contributed by atoms with Crippen molar-refractivity contribution in [2.45, 2.75) is 40.0 Å². The van der Waals surface area contributed by atoms with Crippen LogP contribution < -0.4 is 0 Å². The molecular weight excluding hydrogens is 224 g/mol. The largest absolute Gasteiger partial charge is 0.379 e. The van der Waals surface area contributed by atoms with E-state index in [1.165, 1.54) is 45.4 Å². The monoisotopic (exact) mass is 256 g/mol. The highest BCUT2D eigenvalue weighted by Gasteiger charge is 2.10. The number of morpholine rings is 1. The summed E-state index contributed by atoms with van der Waals surface area (Å²) < 4.78 is 5.16. The number of nitrogens with zero attached hydrogens (tertiary/aromatic N) is 2. The van der Waals surface area contributed by atoms with E-state index in [0.717, 1.165) is 32.2 Å². The molecule has 108 valence electrons. The van der Waals surface area contributed by atoms with Crippen molar-refractivity contribution >= 4 is 0 Å². The first-order chi connectivity index (χ1) is 8.72. The van der Waals surface area contributed by atoms with Crippen molar-refractivity contribution in [3.63, 3.8) is 0 Å². The van der Waals surface area contributed by atoms with Crippen LogP contribution in [0.4, 0.5) is 0 Å². The molecule has 2 fully saturated rings. The second kappa shape index (κ2) is 9.76. The van der Waals surface area contributed by atoms with Crippen molar-refractivity contribution < 1.29 is 4.74 Å². The van der Waals surface area contributed by atoms with E-state index in [1.807, 2.05) is 0 Å². The lowest BCUT2D eigenvalue weighted by atomic mass is 10.1. The van der Waals surface area contributed by atoms with Gasteiger partial charge in [0.2, 0.25) is 0 Å². The lowest BCUT2D eigenvalue weighted by Crippen LogP contribution is -2.35. The standard InChI is InChI=1S/C9H19N.C6H13NO/c1-9(2)8-10-6-4-3-5-7-10;1-2-7-3-5-8-6-4-7/h9H,3-8H2,1-2H3;2-6H2,1H3. The Kier molecular flexibility index (Phi) is 8.64. The maximum Gasteiger partial charge on any atom is 0.0594 e.